The molecule has 0 heterocycles. The summed E-state index contributed by atoms with van der Waals surface area (Å²) in [5, 5.41) is 3.30. The fraction of sp³-hybridized carbons (Fsp3) is 0.611. The Morgan fingerprint density at radius 3 is 2.48 bits per heavy atom. The largest absolute Gasteiger partial charge is 0.357 e. The standard InChI is InChI=1S/C18H32N4O2S/c1-6-19-18(20-13-10-14-22(5)25(23,24)7-2)21(4)15-17-12-9-8-11-16(17)3/h8-9,11-12H,6-7,10,13-15H2,1-5H3,(H,19,20). The molecule has 1 aromatic carbocycles. The van der Waals surface area contributed by atoms with E-state index in [0.717, 1.165) is 19.0 Å². The van der Waals surface area contributed by atoms with Gasteiger partial charge in [-0.1, -0.05) is 24.3 Å². The lowest BCUT2D eigenvalue weighted by molar-refractivity contribution is 0.458. The lowest BCUT2D eigenvalue weighted by atomic mass is 10.1. The van der Waals surface area contributed by atoms with E-state index in [1.54, 1.807) is 14.0 Å². The van der Waals surface area contributed by atoms with E-state index in [4.69, 9.17) is 0 Å². The monoisotopic (exact) mass is 368 g/mol. The summed E-state index contributed by atoms with van der Waals surface area (Å²) in [4.78, 5) is 6.72. The van der Waals surface area contributed by atoms with Crippen molar-refractivity contribution < 1.29 is 8.42 Å². The molecular weight excluding hydrogens is 336 g/mol. The molecule has 0 bridgehead atoms. The molecule has 1 rings (SSSR count). The Hall–Kier alpha value is -1.60. The van der Waals surface area contributed by atoms with E-state index in [1.165, 1.54) is 15.4 Å². The highest BCUT2D eigenvalue weighted by atomic mass is 32.2. The van der Waals surface area contributed by atoms with Crippen LogP contribution >= 0.6 is 0 Å². The van der Waals surface area contributed by atoms with Crippen LogP contribution in [-0.4, -0.2) is 63.1 Å². The molecule has 1 N–H and O–H groups in total. The van der Waals surface area contributed by atoms with Crippen molar-refractivity contribution in [2.24, 2.45) is 4.99 Å². The molecule has 0 radical (unpaired) electrons. The van der Waals surface area contributed by atoms with Gasteiger partial charge in [0.1, 0.15) is 0 Å². The first kappa shape index (κ1) is 21.4. The minimum absolute atomic E-state index is 0.134. The molecule has 0 aromatic heterocycles. The molecule has 0 aliphatic carbocycles. The Bertz CT molecular complexity index is 659. The van der Waals surface area contributed by atoms with Crippen LogP contribution in [0.2, 0.25) is 0 Å². The Kier molecular flexibility index (Phi) is 8.92. The molecule has 0 saturated heterocycles. The van der Waals surface area contributed by atoms with Crippen LogP contribution in [0.3, 0.4) is 0 Å². The highest BCUT2D eigenvalue weighted by Gasteiger charge is 2.14. The van der Waals surface area contributed by atoms with Crippen molar-refractivity contribution in [2.75, 3.05) is 39.5 Å². The summed E-state index contributed by atoms with van der Waals surface area (Å²) in [6.45, 7) is 8.46. The predicted octanol–water partition coefficient (Wildman–Crippen LogP) is 2.06. The fourth-order valence-electron chi connectivity index (χ4n) is 2.43. The summed E-state index contributed by atoms with van der Waals surface area (Å²) in [6.07, 6.45) is 0.697. The van der Waals surface area contributed by atoms with Crippen LogP contribution in [0.25, 0.3) is 0 Å². The molecule has 7 heteroatoms. The van der Waals surface area contributed by atoms with Crippen LogP contribution in [0.5, 0.6) is 0 Å². The van der Waals surface area contributed by atoms with Crippen molar-refractivity contribution in [1.29, 1.82) is 0 Å². The molecule has 0 aliphatic heterocycles. The van der Waals surface area contributed by atoms with Crippen molar-refractivity contribution in [3.05, 3.63) is 35.4 Å². The molecule has 0 saturated carbocycles. The van der Waals surface area contributed by atoms with Gasteiger partial charge in [0.05, 0.1) is 5.75 Å². The van der Waals surface area contributed by atoms with Gasteiger partial charge in [0.2, 0.25) is 10.0 Å². The molecule has 0 aliphatic rings. The first-order valence-electron chi connectivity index (χ1n) is 8.79. The van der Waals surface area contributed by atoms with Crippen LogP contribution in [0.1, 0.15) is 31.4 Å². The second-order valence-electron chi connectivity index (χ2n) is 6.09. The number of guanidine groups is 1. The molecule has 0 spiro atoms. The van der Waals surface area contributed by atoms with Gasteiger partial charge in [0, 0.05) is 40.3 Å². The van der Waals surface area contributed by atoms with Gasteiger partial charge >= 0.3 is 0 Å². The van der Waals surface area contributed by atoms with E-state index in [1.807, 2.05) is 26.1 Å². The smallest absolute Gasteiger partial charge is 0.213 e. The van der Waals surface area contributed by atoms with Gasteiger partial charge in [-0.3, -0.25) is 4.99 Å². The Balaban J connectivity index is 2.63. The van der Waals surface area contributed by atoms with Gasteiger partial charge in [-0.25, -0.2) is 12.7 Å². The molecule has 6 nitrogen and oxygen atoms in total. The zero-order valence-corrected chi connectivity index (χ0v) is 16.9. The lowest BCUT2D eigenvalue weighted by Crippen LogP contribution is -2.38. The van der Waals surface area contributed by atoms with E-state index in [2.05, 4.69) is 34.3 Å². The van der Waals surface area contributed by atoms with E-state index in [9.17, 15) is 8.42 Å². The van der Waals surface area contributed by atoms with Crippen LogP contribution in [0.4, 0.5) is 0 Å². The number of sulfonamides is 1. The first-order chi connectivity index (χ1) is 11.8. The van der Waals surface area contributed by atoms with Crippen molar-refractivity contribution in [3.63, 3.8) is 0 Å². The third-order valence-electron chi connectivity index (χ3n) is 4.10. The molecule has 0 unspecified atom stereocenters. The van der Waals surface area contributed by atoms with E-state index >= 15 is 0 Å². The summed E-state index contributed by atoms with van der Waals surface area (Å²) in [5.41, 5.74) is 2.53. The van der Waals surface area contributed by atoms with Gasteiger partial charge in [-0.2, -0.15) is 0 Å². The molecule has 142 valence electrons. The molecule has 0 fully saturated rings. The Morgan fingerprint density at radius 1 is 1.20 bits per heavy atom. The maximum Gasteiger partial charge on any atom is 0.213 e. The molecular formula is C18H32N4O2S. The Labute approximate surface area is 153 Å². The van der Waals surface area contributed by atoms with Crippen LogP contribution in [-0.2, 0) is 16.6 Å². The second kappa shape index (κ2) is 10.4. The fourth-order valence-corrected chi connectivity index (χ4v) is 3.27. The number of hydrogen-bond donors (Lipinski definition) is 1. The quantitative estimate of drug-likeness (QED) is 0.412. The third kappa shape index (κ3) is 7.04. The lowest BCUT2D eigenvalue weighted by Gasteiger charge is -2.23. The van der Waals surface area contributed by atoms with Crippen molar-refractivity contribution in [3.8, 4) is 0 Å². The van der Waals surface area contributed by atoms with Gasteiger partial charge < -0.3 is 10.2 Å². The molecule has 0 amide bonds. The SMILES string of the molecule is CCNC(=NCCCN(C)S(=O)(=O)CC)N(C)Cc1ccccc1C. The van der Waals surface area contributed by atoms with Crippen LogP contribution in [0, 0.1) is 6.92 Å². The minimum atomic E-state index is -3.11. The maximum absolute atomic E-state index is 11.7. The highest BCUT2D eigenvalue weighted by molar-refractivity contribution is 7.89. The average molecular weight is 369 g/mol. The number of nitrogens with zero attached hydrogens (tertiary/aromatic N) is 3. The predicted molar refractivity (Wildman–Crippen MR) is 105 cm³/mol. The summed E-state index contributed by atoms with van der Waals surface area (Å²) in [7, 11) is 0.526. The Morgan fingerprint density at radius 2 is 1.88 bits per heavy atom. The van der Waals surface area contributed by atoms with E-state index in [-0.39, 0.29) is 5.75 Å². The molecule has 25 heavy (non-hydrogen) atoms. The van der Waals surface area contributed by atoms with E-state index < -0.39 is 10.0 Å². The van der Waals surface area contributed by atoms with Crippen molar-refractivity contribution in [1.82, 2.24) is 14.5 Å². The molecule has 0 atom stereocenters. The number of rotatable bonds is 9. The van der Waals surface area contributed by atoms with E-state index in [0.29, 0.717) is 19.5 Å². The summed E-state index contributed by atoms with van der Waals surface area (Å²) in [5.74, 6) is 0.973. The molecule has 1 aromatic rings. The zero-order valence-electron chi connectivity index (χ0n) is 16.1. The average Bonchev–Trinajstić information content (AvgIpc) is 2.59. The summed E-state index contributed by atoms with van der Waals surface area (Å²) >= 11 is 0. The van der Waals surface area contributed by atoms with Crippen LogP contribution in [0.15, 0.2) is 29.3 Å². The number of aryl methyl sites for hydroxylation is 1. The van der Waals surface area contributed by atoms with Crippen LogP contribution < -0.4 is 5.32 Å². The number of aliphatic imine (C=N–C) groups is 1. The van der Waals surface area contributed by atoms with Crippen molar-refractivity contribution in [2.45, 2.75) is 33.7 Å². The summed E-state index contributed by atoms with van der Waals surface area (Å²) < 4.78 is 24.9. The van der Waals surface area contributed by atoms with Gasteiger partial charge in [-0.05, 0) is 38.3 Å². The second-order valence-corrected chi connectivity index (χ2v) is 8.46. The topological polar surface area (TPSA) is 65.0 Å². The number of hydrogen-bond acceptors (Lipinski definition) is 3. The summed E-state index contributed by atoms with van der Waals surface area (Å²) in [6, 6.07) is 8.32. The van der Waals surface area contributed by atoms with Gasteiger partial charge in [0.25, 0.3) is 0 Å². The zero-order chi connectivity index (χ0) is 18.9. The van der Waals surface area contributed by atoms with Gasteiger partial charge in [0.15, 0.2) is 5.96 Å². The van der Waals surface area contributed by atoms with Crippen molar-refractivity contribution >= 4 is 16.0 Å². The number of benzene rings is 1. The maximum atomic E-state index is 11.7. The minimum Gasteiger partial charge on any atom is -0.357 e. The number of nitrogens with one attached hydrogen (secondary N) is 1. The first-order valence-corrected chi connectivity index (χ1v) is 10.4. The van der Waals surface area contributed by atoms with Gasteiger partial charge in [-0.15, -0.1) is 0 Å². The highest BCUT2D eigenvalue weighted by Crippen LogP contribution is 2.09. The normalized spacial score (nSPS) is 12.5. The third-order valence-corrected chi connectivity index (χ3v) is 5.96.